The molecule has 3 aliphatic rings. The van der Waals surface area contributed by atoms with Gasteiger partial charge in [-0.05, 0) is 43.9 Å². The lowest BCUT2D eigenvalue weighted by Gasteiger charge is -2.42. The van der Waals surface area contributed by atoms with E-state index < -0.39 is 0 Å². The summed E-state index contributed by atoms with van der Waals surface area (Å²) in [6.07, 6.45) is 13.7. The molecule has 0 saturated heterocycles. The average molecular weight is 312 g/mol. The SMILES string of the molecule is CN(C(=O)C1CCC2CCCCC2C1)C1CCCCC1Cl. The summed E-state index contributed by atoms with van der Waals surface area (Å²) < 4.78 is 0. The van der Waals surface area contributed by atoms with Crippen LogP contribution in [0.2, 0.25) is 0 Å². The molecule has 1 amide bonds. The lowest BCUT2D eigenvalue weighted by atomic mass is 9.67. The summed E-state index contributed by atoms with van der Waals surface area (Å²) >= 11 is 6.48. The van der Waals surface area contributed by atoms with E-state index >= 15 is 0 Å². The minimum Gasteiger partial charge on any atom is -0.341 e. The fourth-order valence-electron chi connectivity index (χ4n) is 5.05. The van der Waals surface area contributed by atoms with Crippen LogP contribution in [-0.4, -0.2) is 29.3 Å². The number of fused-ring (bicyclic) bond motifs is 1. The molecule has 5 atom stereocenters. The maximum atomic E-state index is 12.9. The second kappa shape index (κ2) is 6.89. The topological polar surface area (TPSA) is 20.3 Å². The van der Waals surface area contributed by atoms with Crippen LogP contribution < -0.4 is 0 Å². The molecule has 0 bridgehead atoms. The van der Waals surface area contributed by atoms with E-state index in [1.54, 1.807) is 0 Å². The summed E-state index contributed by atoms with van der Waals surface area (Å²) in [6, 6.07) is 0.275. The molecular weight excluding hydrogens is 282 g/mol. The van der Waals surface area contributed by atoms with Gasteiger partial charge in [0, 0.05) is 19.0 Å². The highest BCUT2D eigenvalue weighted by atomic mass is 35.5. The molecule has 21 heavy (non-hydrogen) atoms. The van der Waals surface area contributed by atoms with E-state index in [0.717, 1.165) is 37.5 Å². The lowest BCUT2D eigenvalue weighted by molar-refractivity contribution is -0.139. The van der Waals surface area contributed by atoms with Crippen molar-refractivity contribution in [2.24, 2.45) is 17.8 Å². The number of hydrogen-bond acceptors (Lipinski definition) is 1. The third-order valence-corrected chi connectivity index (χ3v) is 6.89. The molecule has 3 saturated carbocycles. The molecule has 3 fully saturated rings. The van der Waals surface area contributed by atoms with Gasteiger partial charge in [-0.15, -0.1) is 11.6 Å². The Morgan fingerprint density at radius 1 is 0.905 bits per heavy atom. The van der Waals surface area contributed by atoms with Gasteiger partial charge in [0.05, 0.1) is 5.38 Å². The molecule has 0 aromatic carbocycles. The Morgan fingerprint density at radius 3 is 2.33 bits per heavy atom. The van der Waals surface area contributed by atoms with E-state index in [9.17, 15) is 4.79 Å². The van der Waals surface area contributed by atoms with Crippen LogP contribution in [0.15, 0.2) is 0 Å². The van der Waals surface area contributed by atoms with Gasteiger partial charge in [0.2, 0.25) is 5.91 Å². The number of amides is 1. The number of nitrogens with zero attached hydrogens (tertiary/aromatic N) is 1. The molecule has 0 N–H and O–H groups in total. The normalized spacial score (nSPS) is 40.4. The van der Waals surface area contributed by atoms with Crippen LogP contribution in [0.5, 0.6) is 0 Å². The maximum Gasteiger partial charge on any atom is 0.225 e. The second-order valence-corrected chi connectivity index (χ2v) is 8.19. The van der Waals surface area contributed by atoms with Crippen molar-refractivity contribution in [1.82, 2.24) is 4.90 Å². The predicted octanol–water partition coefficient (Wildman–Crippen LogP) is 4.60. The van der Waals surface area contributed by atoms with Gasteiger partial charge in [-0.25, -0.2) is 0 Å². The van der Waals surface area contributed by atoms with E-state index in [2.05, 4.69) is 0 Å². The average Bonchev–Trinajstić information content (AvgIpc) is 2.53. The van der Waals surface area contributed by atoms with E-state index in [4.69, 9.17) is 11.6 Å². The standard InChI is InChI=1S/C18H30ClNO/c1-20(17-9-5-4-8-16(17)19)18(21)15-11-10-13-6-2-3-7-14(13)12-15/h13-17H,2-12H2,1H3. The summed E-state index contributed by atoms with van der Waals surface area (Å²) in [7, 11) is 2.00. The largest absolute Gasteiger partial charge is 0.341 e. The monoisotopic (exact) mass is 311 g/mol. The summed E-state index contributed by atoms with van der Waals surface area (Å²) in [5, 5.41) is 0.165. The molecule has 0 heterocycles. The summed E-state index contributed by atoms with van der Waals surface area (Å²) in [5.74, 6) is 2.41. The number of hydrogen-bond donors (Lipinski definition) is 0. The quantitative estimate of drug-likeness (QED) is 0.682. The van der Waals surface area contributed by atoms with Crippen molar-refractivity contribution in [2.75, 3.05) is 7.05 Å². The van der Waals surface area contributed by atoms with Gasteiger partial charge in [-0.3, -0.25) is 4.79 Å². The molecule has 0 radical (unpaired) electrons. The molecule has 120 valence electrons. The molecule has 0 spiro atoms. The number of halogens is 1. The fourth-order valence-corrected chi connectivity index (χ4v) is 5.50. The molecule has 5 unspecified atom stereocenters. The number of alkyl halides is 1. The zero-order chi connectivity index (χ0) is 14.8. The van der Waals surface area contributed by atoms with Crippen LogP contribution in [0.3, 0.4) is 0 Å². The van der Waals surface area contributed by atoms with Crippen LogP contribution >= 0.6 is 11.6 Å². The highest BCUT2D eigenvalue weighted by molar-refractivity contribution is 6.21. The number of carbonyl (C=O) groups is 1. The van der Waals surface area contributed by atoms with Gasteiger partial charge in [-0.1, -0.05) is 38.5 Å². The van der Waals surface area contributed by atoms with Crippen molar-refractivity contribution < 1.29 is 4.79 Å². The first-order valence-electron chi connectivity index (χ1n) is 9.07. The zero-order valence-corrected chi connectivity index (χ0v) is 14.2. The lowest BCUT2D eigenvalue weighted by Crippen LogP contribution is -2.47. The molecule has 3 rings (SSSR count). The van der Waals surface area contributed by atoms with Crippen LogP contribution in [0, 0.1) is 17.8 Å². The van der Waals surface area contributed by atoms with E-state index in [0.29, 0.717) is 5.91 Å². The smallest absolute Gasteiger partial charge is 0.225 e. The molecule has 0 aromatic rings. The van der Waals surface area contributed by atoms with Gasteiger partial charge >= 0.3 is 0 Å². The Bertz CT molecular complexity index is 372. The van der Waals surface area contributed by atoms with Crippen molar-refractivity contribution in [3.05, 3.63) is 0 Å². The Balaban J connectivity index is 1.59. The zero-order valence-electron chi connectivity index (χ0n) is 13.4. The molecule has 0 aliphatic heterocycles. The van der Waals surface area contributed by atoms with Gasteiger partial charge in [0.15, 0.2) is 0 Å². The van der Waals surface area contributed by atoms with Crippen LogP contribution in [0.1, 0.15) is 70.6 Å². The number of carbonyl (C=O) groups excluding carboxylic acids is 1. The first-order chi connectivity index (χ1) is 10.2. The highest BCUT2D eigenvalue weighted by Gasteiger charge is 2.38. The minimum atomic E-state index is 0.165. The van der Waals surface area contributed by atoms with Gasteiger partial charge in [0.1, 0.15) is 0 Å². The van der Waals surface area contributed by atoms with Crippen molar-refractivity contribution in [1.29, 1.82) is 0 Å². The third kappa shape index (κ3) is 3.41. The molecule has 3 heteroatoms. The molecule has 0 aromatic heterocycles. The Labute approximate surface area is 134 Å². The van der Waals surface area contributed by atoms with Crippen molar-refractivity contribution >= 4 is 17.5 Å². The summed E-state index contributed by atoms with van der Waals surface area (Å²) in [4.78, 5) is 14.9. The van der Waals surface area contributed by atoms with Crippen LogP contribution in [0.4, 0.5) is 0 Å². The predicted molar refractivity (Wildman–Crippen MR) is 87.5 cm³/mol. The first kappa shape index (κ1) is 15.6. The fraction of sp³-hybridized carbons (Fsp3) is 0.944. The maximum absolute atomic E-state index is 12.9. The third-order valence-electron chi connectivity index (χ3n) is 6.38. The summed E-state index contributed by atoms with van der Waals surface area (Å²) in [6.45, 7) is 0. The van der Waals surface area contributed by atoms with Crippen molar-refractivity contribution in [3.63, 3.8) is 0 Å². The van der Waals surface area contributed by atoms with Gasteiger partial charge in [0.25, 0.3) is 0 Å². The van der Waals surface area contributed by atoms with Gasteiger partial charge in [-0.2, -0.15) is 0 Å². The van der Waals surface area contributed by atoms with Crippen molar-refractivity contribution in [3.8, 4) is 0 Å². The number of rotatable bonds is 2. The van der Waals surface area contributed by atoms with Crippen molar-refractivity contribution in [2.45, 2.75) is 82.0 Å². The molecular formula is C18H30ClNO. The Morgan fingerprint density at radius 2 is 1.57 bits per heavy atom. The summed E-state index contributed by atoms with van der Waals surface area (Å²) in [5.41, 5.74) is 0. The van der Waals surface area contributed by atoms with E-state index in [1.165, 1.54) is 44.9 Å². The molecule has 2 nitrogen and oxygen atoms in total. The Hall–Kier alpha value is -0.240. The van der Waals surface area contributed by atoms with E-state index in [1.807, 2.05) is 11.9 Å². The van der Waals surface area contributed by atoms with Crippen LogP contribution in [-0.2, 0) is 4.79 Å². The van der Waals surface area contributed by atoms with Crippen LogP contribution in [0.25, 0.3) is 0 Å². The second-order valence-electron chi connectivity index (χ2n) is 7.63. The van der Waals surface area contributed by atoms with E-state index in [-0.39, 0.29) is 17.3 Å². The molecule has 3 aliphatic carbocycles. The minimum absolute atomic E-state index is 0.165. The first-order valence-corrected chi connectivity index (χ1v) is 9.51. The Kier molecular flexibility index (Phi) is 5.14. The highest BCUT2D eigenvalue weighted by Crippen LogP contribution is 2.43. The van der Waals surface area contributed by atoms with Gasteiger partial charge < -0.3 is 4.90 Å².